The topological polar surface area (TPSA) is 101 Å². The maximum Gasteiger partial charge on any atom is 0.416 e. The second kappa shape index (κ2) is 12.1. The SMILES string of the molecule is CCCNC(=O)NC(=O)CSc1nnc(CNc2cccc(C(F)(F)F)c2)n1C1CCCCC1. The molecule has 0 spiro atoms. The minimum Gasteiger partial charge on any atom is -0.378 e. The highest BCUT2D eigenvalue weighted by molar-refractivity contribution is 7.99. The Kier molecular flexibility index (Phi) is 9.20. The van der Waals surface area contributed by atoms with Gasteiger partial charge in [0.05, 0.1) is 17.9 Å². The van der Waals surface area contributed by atoms with Crippen molar-refractivity contribution in [3.05, 3.63) is 35.7 Å². The molecule has 1 fully saturated rings. The summed E-state index contributed by atoms with van der Waals surface area (Å²) in [6, 6.07) is 4.63. The van der Waals surface area contributed by atoms with E-state index >= 15 is 0 Å². The summed E-state index contributed by atoms with van der Waals surface area (Å²) >= 11 is 1.18. The summed E-state index contributed by atoms with van der Waals surface area (Å²) in [6.45, 7) is 2.58. The average molecular weight is 499 g/mol. The first-order valence-corrected chi connectivity index (χ1v) is 12.3. The van der Waals surface area contributed by atoms with E-state index in [4.69, 9.17) is 0 Å². The van der Waals surface area contributed by atoms with Gasteiger partial charge < -0.3 is 15.2 Å². The molecule has 3 rings (SSSR count). The maximum absolute atomic E-state index is 13.0. The quantitative estimate of drug-likeness (QED) is 0.432. The first-order valence-electron chi connectivity index (χ1n) is 11.3. The lowest BCUT2D eigenvalue weighted by Crippen LogP contribution is -2.40. The first-order chi connectivity index (χ1) is 16.3. The maximum atomic E-state index is 13.0. The molecule has 0 unspecified atom stereocenters. The molecule has 1 heterocycles. The van der Waals surface area contributed by atoms with E-state index in [1.807, 2.05) is 11.5 Å². The van der Waals surface area contributed by atoms with Gasteiger partial charge in [-0.05, 0) is 37.5 Å². The van der Waals surface area contributed by atoms with E-state index in [2.05, 4.69) is 26.1 Å². The Morgan fingerprint density at radius 2 is 1.94 bits per heavy atom. The Hall–Kier alpha value is -2.76. The number of halogens is 3. The van der Waals surface area contributed by atoms with Crippen LogP contribution < -0.4 is 16.0 Å². The van der Waals surface area contributed by atoms with Crippen LogP contribution >= 0.6 is 11.8 Å². The summed E-state index contributed by atoms with van der Waals surface area (Å²) in [5.74, 6) is 0.138. The number of amides is 3. The number of imide groups is 1. The van der Waals surface area contributed by atoms with E-state index in [1.165, 1.54) is 17.8 Å². The predicted octanol–water partition coefficient (Wildman–Crippen LogP) is 4.74. The summed E-state index contributed by atoms with van der Waals surface area (Å²) < 4.78 is 41.0. The number of nitrogens with one attached hydrogen (secondary N) is 3. The minimum absolute atomic E-state index is 0.00848. The molecule has 0 bridgehead atoms. The number of carbonyl (C=O) groups excluding carboxylic acids is 2. The van der Waals surface area contributed by atoms with Crippen molar-refractivity contribution in [2.45, 2.75) is 69.4 Å². The molecule has 3 amide bonds. The Morgan fingerprint density at radius 1 is 1.18 bits per heavy atom. The van der Waals surface area contributed by atoms with E-state index < -0.39 is 23.7 Å². The number of alkyl halides is 3. The van der Waals surface area contributed by atoms with Crippen LogP contribution in [0.1, 0.15) is 62.9 Å². The summed E-state index contributed by atoms with van der Waals surface area (Å²) in [5, 5.41) is 16.9. The average Bonchev–Trinajstić information content (AvgIpc) is 3.23. The smallest absolute Gasteiger partial charge is 0.378 e. The standard InChI is InChI=1S/C22H29F3N6O2S/c1-2-11-26-20(33)28-19(32)14-34-21-30-29-18(31(21)17-9-4-3-5-10-17)13-27-16-8-6-7-15(12-16)22(23,24)25/h6-8,12,17,27H,2-5,9-11,13-14H2,1H3,(H2,26,28,32,33). The first kappa shape index (κ1) is 25.9. The Labute approximate surface area is 200 Å². The molecular formula is C22H29F3N6O2S. The van der Waals surface area contributed by atoms with Crippen LogP contribution in [0.25, 0.3) is 0 Å². The molecule has 1 saturated carbocycles. The van der Waals surface area contributed by atoms with Gasteiger partial charge in [-0.25, -0.2) is 4.79 Å². The van der Waals surface area contributed by atoms with Crippen LogP contribution in [0.3, 0.4) is 0 Å². The molecule has 1 aliphatic carbocycles. The molecule has 8 nitrogen and oxygen atoms in total. The van der Waals surface area contributed by atoms with Gasteiger partial charge in [0.15, 0.2) is 11.0 Å². The van der Waals surface area contributed by atoms with Gasteiger partial charge in [0.25, 0.3) is 0 Å². The molecule has 186 valence electrons. The van der Waals surface area contributed by atoms with Crippen molar-refractivity contribution in [2.75, 3.05) is 17.6 Å². The fourth-order valence-electron chi connectivity index (χ4n) is 3.79. The molecule has 34 heavy (non-hydrogen) atoms. The number of anilines is 1. The third-order valence-electron chi connectivity index (χ3n) is 5.44. The Bertz CT molecular complexity index is 976. The van der Waals surface area contributed by atoms with Gasteiger partial charge in [0, 0.05) is 18.3 Å². The third-order valence-corrected chi connectivity index (χ3v) is 6.38. The third kappa shape index (κ3) is 7.37. The number of aromatic nitrogens is 3. The normalized spacial score (nSPS) is 14.6. The van der Waals surface area contributed by atoms with Crippen LogP contribution in [0.4, 0.5) is 23.7 Å². The lowest BCUT2D eigenvalue weighted by atomic mass is 9.95. The van der Waals surface area contributed by atoms with Crippen molar-refractivity contribution in [3.8, 4) is 0 Å². The van der Waals surface area contributed by atoms with Crippen LogP contribution in [0, 0.1) is 0 Å². The molecule has 1 aromatic carbocycles. The molecule has 0 radical (unpaired) electrons. The minimum atomic E-state index is -4.42. The van der Waals surface area contributed by atoms with Crippen molar-refractivity contribution in [2.24, 2.45) is 0 Å². The zero-order valence-electron chi connectivity index (χ0n) is 19.0. The van der Waals surface area contributed by atoms with Crippen molar-refractivity contribution in [1.82, 2.24) is 25.4 Å². The zero-order valence-corrected chi connectivity index (χ0v) is 19.8. The van der Waals surface area contributed by atoms with Crippen molar-refractivity contribution < 1.29 is 22.8 Å². The number of hydrogen-bond donors (Lipinski definition) is 3. The summed E-state index contributed by atoms with van der Waals surface area (Å²) in [6.07, 6.45) is 1.49. The van der Waals surface area contributed by atoms with Crippen LogP contribution in [-0.4, -0.2) is 39.0 Å². The summed E-state index contributed by atoms with van der Waals surface area (Å²) in [5.41, 5.74) is -0.392. The van der Waals surface area contributed by atoms with Gasteiger partial charge in [-0.15, -0.1) is 10.2 Å². The number of carbonyl (C=O) groups is 2. The molecule has 12 heteroatoms. The van der Waals surface area contributed by atoms with Gasteiger partial charge in [-0.1, -0.05) is 44.0 Å². The molecule has 2 aromatic rings. The molecular weight excluding hydrogens is 469 g/mol. The van der Waals surface area contributed by atoms with Gasteiger partial charge in [0.1, 0.15) is 0 Å². The van der Waals surface area contributed by atoms with Crippen LogP contribution in [0.15, 0.2) is 29.4 Å². The van der Waals surface area contributed by atoms with Crippen LogP contribution in [-0.2, 0) is 17.5 Å². The Balaban J connectivity index is 1.69. The Morgan fingerprint density at radius 3 is 2.65 bits per heavy atom. The molecule has 0 saturated heterocycles. The van der Waals surface area contributed by atoms with E-state index in [9.17, 15) is 22.8 Å². The lowest BCUT2D eigenvalue weighted by molar-refractivity contribution is -0.137. The highest BCUT2D eigenvalue weighted by Gasteiger charge is 2.30. The van der Waals surface area contributed by atoms with Crippen LogP contribution in [0.2, 0.25) is 0 Å². The van der Waals surface area contributed by atoms with E-state index in [0.717, 1.165) is 50.7 Å². The number of thioether (sulfide) groups is 1. The second-order valence-corrected chi connectivity index (χ2v) is 9.03. The van der Waals surface area contributed by atoms with E-state index in [-0.39, 0.29) is 18.3 Å². The second-order valence-electron chi connectivity index (χ2n) is 8.09. The molecule has 1 aromatic heterocycles. The summed E-state index contributed by atoms with van der Waals surface area (Å²) in [4.78, 5) is 23.8. The van der Waals surface area contributed by atoms with Gasteiger partial charge in [0.2, 0.25) is 5.91 Å². The molecule has 0 atom stereocenters. The fraction of sp³-hybridized carbons (Fsp3) is 0.545. The number of benzene rings is 1. The molecule has 3 N–H and O–H groups in total. The van der Waals surface area contributed by atoms with Crippen molar-refractivity contribution in [1.29, 1.82) is 0 Å². The lowest BCUT2D eigenvalue weighted by Gasteiger charge is -2.25. The number of nitrogens with zero attached hydrogens (tertiary/aromatic N) is 3. The highest BCUT2D eigenvalue weighted by atomic mass is 32.2. The van der Waals surface area contributed by atoms with E-state index in [1.54, 1.807) is 6.07 Å². The molecule has 0 aliphatic heterocycles. The number of urea groups is 1. The van der Waals surface area contributed by atoms with Crippen LogP contribution in [0.5, 0.6) is 0 Å². The largest absolute Gasteiger partial charge is 0.416 e. The number of hydrogen-bond acceptors (Lipinski definition) is 6. The zero-order chi connectivity index (χ0) is 24.6. The van der Waals surface area contributed by atoms with Gasteiger partial charge in [-0.2, -0.15) is 13.2 Å². The number of rotatable bonds is 9. The highest BCUT2D eigenvalue weighted by Crippen LogP contribution is 2.33. The van der Waals surface area contributed by atoms with Gasteiger partial charge >= 0.3 is 12.2 Å². The molecule has 1 aliphatic rings. The predicted molar refractivity (Wildman–Crippen MR) is 123 cm³/mol. The van der Waals surface area contributed by atoms with Gasteiger partial charge in [-0.3, -0.25) is 10.1 Å². The summed E-state index contributed by atoms with van der Waals surface area (Å²) in [7, 11) is 0. The van der Waals surface area contributed by atoms with Crippen molar-refractivity contribution in [3.63, 3.8) is 0 Å². The van der Waals surface area contributed by atoms with E-state index in [0.29, 0.717) is 23.2 Å². The monoisotopic (exact) mass is 498 g/mol. The van der Waals surface area contributed by atoms with Crippen molar-refractivity contribution >= 4 is 29.4 Å². The fourth-order valence-corrected chi connectivity index (χ4v) is 4.62.